The number of likely N-dealkylation sites (N-methyl/N-ethyl adjacent to an activating group) is 4. The zero-order valence-corrected chi connectivity index (χ0v) is 52.5. The van der Waals surface area contributed by atoms with Crippen molar-refractivity contribution in [3.63, 3.8) is 0 Å². The first kappa shape index (κ1) is 63.3. The Hall–Kier alpha value is -9.16. The predicted molar refractivity (Wildman–Crippen MR) is 352 cm³/mol. The summed E-state index contributed by atoms with van der Waals surface area (Å²) in [6, 6.07) is 58.2. The van der Waals surface area contributed by atoms with Gasteiger partial charge in [0.2, 0.25) is 0 Å². The first-order chi connectivity index (χ1) is 42.9. The molecular formula is C76H84N4O8. The van der Waals surface area contributed by atoms with Crippen LogP contribution in [0, 0.1) is 0 Å². The van der Waals surface area contributed by atoms with Crippen LogP contribution in [0.4, 0.5) is 0 Å². The highest BCUT2D eigenvalue weighted by Crippen LogP contribution is 2.44. The summed E-state index contributed by atoms with van der Waals surface area (Å²) in [7, 11) is 0. The molecule has 0 saturated heterocycles. The maximum Gasteiger partial charge on any atom is 0.260 e. The molecule has 4 amide bonds. The molecule has 12 nitrogen and oxygen atoms in total. The molecular weight excluding hydrogens is 1100 g/mol. The molecule has 0 aliphatic heterocycles. The maximum atomic E-state index is 14.3. The summed E-state index contributed by atoms with van der Waals surface area (Å²) in [5, 5.41) is 0. The number of carbonyl (C=O) groups excluding carboxylic acids is 4. The van der Waals surface area contributed by atoms with Gasteiger partial charge in [-0.1, -0.05) is 121 Å². The highest BCUT2D eigenvalue weighted by Gasteiger charge is 2.28. The molecule has 1 aliphatic carbocycles. The van der Waals surface area contributed by atoms with Gasteiger partial charge in [0.05, 0.1) is 0 Å². The molecule has 456 valence electrons. The van der Waals surface area contributed by atoms with E-state index >= 15 is 0 Å². The van der Waals surface area contributed by atoms with Gasteiger partial charge in [-0.25, -0.2) is 0 Å². The number of fused-ring (bicyclic) bond motifs is 8. The van der Waals surface area contributed by atoms with Gasteiger partial charge in [-0.3, -0.25) is 19.2 Å². The molecule has 8 aromatic carbocycles. The van der Waals surface area contributed by atoms with Crippen molar-refractivity contribution in [1.82, 2.24) is 19.6 Å². The van der Waals surface area contributed by atoms with Gasteiger partial charge in [0.15, 0.2) is 26.4 Å². The average molecular weight is 1180 g/mol. The Kier molecular flexibility index (Phi) is 21.9. The van der Waals surface area contributed by atoms with Gasteiger partial charge in [0.25, 0.3) is 23.6 Å². The molecule has 1 aliphatic rings. The minimum absolute atomic E-state index is 0.149. The van der Waals surface area contributed by atoms with Crippen LogP contribution in [0.2, 0.25) is 0 Å². The van der Waals surface area contributed by atoms with Crippen LogP contribution in [0.25, 0.3) is 44.5 Å². The molecule has 0 heterocycles. The number of hydrogen-bond acceptors (Lipinski definition) is 8. The van der Waals surface area contributed by atoms with E-state index in [-0.39, 0.29) is 75.7 Å². The Bertz CT molecular complexity index is 3090. The molecule has 0 saturated carbocycles. The van der Waals surface area contributed by atoms with E-state index in [9.17, 15) is 19.2 Å². The molecule has 9 rings (SSSR count). The van der Waals surface area contributed by atoms with E-state index in [4.69, 9.17) is 18.9 Å². The zero-order chi connectivity index (χ0) is 62.1. The molecule has 8 aromatic rings. The van der Waals surface area contributed by atoms with E-state index in [1.165, 1.54) is 0 Å². The monoisotopic (exact) mass is 1180 g/mol. The van der Waals surface area contributed by atoms with E-state index in [1.54, 1.807) is 19.6 Å². The van der Waals surface area contributed by atoms with Gasteiger partial charge in [-0.2, -0.15) is 0 Å². The standard InChI is InChI=1S/C76H84N4O8/c1-9-77(10-2)69(81)49-85-73-61-37-57(53-29-21-17-22-30-53)38-62(73)46-64-40-59(55-33-25-19-26-34-55)42-66(75(64)87-51-71(83)79(13-5)14-6)48-68-44-60(56-35-27-20-28-36-56)43-67(76(68)88-52-72(84)80(15-7)16-8)47-65-41-58(54-31-23-18-24-32-54)39-63(45-61)74(65)86-50-70(82)78(11-3)12-4/h17-44H,9-16,45-52H2,1-8H3. The van der Waals surface area contributed by atoms with E-state index in [0.29, 0.717) is 75.4 Å². The quantitative estimate of drug-likeness (QED) is 0.0587. The zero-order valence-electron chi connectivity index (χ0n) is 52.5. The number of carbonyl (C=O) groups is 4. The van der Waals surface area contributed by atoms with Crippen molar-refractivity contribution in [2.24, 2.45) is 0 Å². The molecule has 0 fully saturated rings. The van der Waals surface area contributed by atoms with Gasteiger partial charge in [-0.05, 0) is 193 Å². The van der Waals surface area contributed by atoms with Crippen LogP contribution in [0.5, 0.6) is 23.0 Å². The second-order valence-corrected chi connectivity index (χ2v) is 22.1. The Morgan fingerprint density at radius 1 is 0.261 bits per heavy atom. The Morgan fingerprint density at radius 2 is 0.420 bits per heavy atom. The summed E-state index contributed by atoms with van der Waals surface area (Å²) in [4.78, 5) is 64.1. The lowest BCUT2D eigenvalue weighted by atomic mass is 9.86. The van der Waals surface area contributed by atoms with Crippen LogP contribution < -0.4 is 18.9 Å². The maximum absolute atomic E-state index is 14.3. The Morgan fingerprint density at radius 3 is 0.568 bits per heavy atom. The minimum Gasteiger partial charge on any atom is -0.483 e. The second-order valence-electron chi connectivity index (χ2n) is 22.1. The van der Waals surface area contributed by atoms with Crippen molar-refractivity contribution in [1.29, 1.82) is 0 Å². The molecule has 8 bridgehead atoms. The summed E-state index contributed by atoms with van der Waals surface area (Å²) < 4.78 is 28.3. The highest BCUT2D eigenvalue weighted by molar-refractivity contribution is 5.81. The fourth-order valence-electron chi connectivity index (χ4n) is 12.0. The van der Waals surface area contributed by atoms with Crippen molar-refractivity contribution in [2.75, 3.05) is 78.8 Å². The van der Waals surface area contributed by atoms with Crippen LogP contribution in [0.15, 0.2) is 170 Å². The second kappa shape index (κ2) is 30.5. The molecule has 0 N–H and O–H groups in total. The lowest BCUT2D eigenvalue weighted by Crippen LogP contribution is -2.35. The fraction of sp³-hybridized carbons (Fsp3) is 0.316. The summed E-state index contributed by atoms with van der Waals surface area (Å²) in [5.74, 6) is 1.54. The number of benzene rings is 8. The third-order valence-electron chi connectivity index (χ3n) is 16.7. The summed E-state index contributed by atoms with van der Waals surface area (Å²) in [6.07, 6.45) is 0.996. The number of ether oxygens (including phenoxy) is 4. The molecule has 0 radical (unpaired) electrons. The predicted octanol–water partition coefficient (Wildman–Crippen LogP) is 14.0. The normalized spacial score (nSPS) is 11.7. The molecule has 0 spiro atoms. The summed E-state index contributed by atoms with van der Waals surface area (Å²) >= 11 is 0. The average Bonchev–Trinajstić information content (AvgIpc) is 1.95. The molecule has 12 heteroatoms. The van der Waals surface area contributed by atoms with Crippen molar-refractivity contribution < 1.29 is 38.1 Å². The number of nitrogens with zero attached hydrogens (tertiary/aromatic N) is 4. The van der Waals surface area contributed by atoms with E-state index in [2.05, 4.69) is 97.1 Å². The van der Waals surface area contributed by atoms with E-state index in [1.807, 2.05) is 128 Å². The highest BCUT2D eigenvalue weighted by atomic mass is 16.5. The largest absolute Gasteiger partial charge is 0.483 e. The summed E-state index contributed by atoms with van der Waals surface area (Å²) in [6.45, 7) is 19.0. The van der Waals surface area contributed by atoms with Crippen LogP contribution in [-0.2, 0) is 44.9 Å². The van der Waals surface area contributed by atoms with Gasteiger partial charge >= 0.3 is 0 Å². The third kappa shape index (κ3) is 15.1. The molecule has 0 unspecified atom stereocenters. The van der Waals surface area contributed by atoms with Crippen LogP contribution in [-0.4, -0.2) is 122 Å². The van der Waals surface area contributed by atoms with Crippen LogP contribution >= 0.6 is 0 Å². The minimum atomic E-state index is -0.224. The number of amides is 4. The van der Waals surface area contributed by atoms with E-state index < -0.39 is 0 Å². The topological polar surface area (TPSA) is 118 Å². The molecule has 0 aromatic heterocycles. The lowest BCUT2D eigenvalue weighted by molar-refractivity contribution is -0.133. The van der Waals surface area contributed by atoms with Crippen molar-refractivity contribution in [3.8, 4) is 67.5 Å². The number of rotatable bonds is 24. The van der Waals surface area contributed by atoms with Gasteiger partial charge in [0.1, 0.15) is 23.0 Å². The van der Waals surface area contributed by atoms with Crippen LogP contribution in [0.3, 0.4) is 0 Å². The summed E-state index contributed by atoms with van der Waals surface area (Å²) in [5.41, 5.74) is 13.9. The number of hydrogen-bond donors (Lipinski definition) is 0. The van der Waals surface area contributed by atoms with Crippen molar-refractivity contribution >= 4 is 23.6 Å². The first-order valence-corrected chi connectivity index (χ1v) is 31.4. The Balaban J connectivity index is 1.43. The fourth-order valence-corrected chi connectivity index (χ4v) is 12.0. The Labute approximate surface area is 520 Å². The lowest BCUT2D eigenvalue weighted by Gasteiger charge is -2.26. The van der Waals surface area contributed by atoms with Crippen molar-refractivity contribution in [3.05, 3.63) is 214 Å². The molecule has 88 heavy (non-hydrogen) atoms. The SMILES string of the molecule is CCN(CC)C(=O)COc1c2cc(-c3ccccc3)cc1Cc1cc(-c3ccccc3)cc(c1OCC(=O)N(CC)CC)Cc1cc(-c3ccccc3)cc(c1OCC(=O)N(CC)CC)Cc1cc(-c3ccccc3)cc(c1OCC(=O)N(CC)CC)C2. The molecule has 0 atom stereocenters. The van der Waals surface area contributed by atoms with Crippen molar-refractivity contribution in [2.45, 2.75) is 81.1 Å². The van der Waals surface area contributed by atoms with Crippen LogP contribution in [0.1, 0.15) is 99.9 Å². The smallest absolute Gasteiger partial charge is 0.260 e. The first-order valence-electron chi connectivity index (χ1n) is 31.4. The third-order valence-corrected chi connectivity index (χ3v) is 16.7. The van der Waals surface area contributed by atoms with E-state index in [0.717, 1.165) is 89.0 Å². The van der Waals surface area contributed by atoms with Gasteiger partial charge in [0, 0.05) is 78.0 Å². The van der Waals surface area contributed by atoms with Gasteiger partial charge < -0.3 is 38.5 Å². The van der Waals surface area contributed by atoms with Gasteiger partial charge in [-0.15, -0.1) is 0 Å².